The van der Waals surface area contributed by atoms with Gasteiger partial charge in [0.15, 0.2) is 0 Å². The lowest BCUT2D eigenvalue weighted by molar-refractivity contribution is -0.135. The van der Waals surface area contributed by atoms with Gasteiger partial charge in [-0.15, -0.1) is 0 Å². The van der Waals surface area contributed by atoms with Crippen LogP contribution >= 0.6 is 0 Å². The first-order valence-electron chi connectivity index (χ1n) is 6.99. The molecule has 0 aromatic heterocycles. The van der Waals surface area contributed by atoms with Crippen molar-refractivity contribution in [2.75, 3.05) is 19.6 Å². The Balaban J connectivity index is 2.24. The zero-order valence-electron chi connectivity index (χ0n) is 11.4. The molecule has 0 spiro atoms. The van der Waals surface area contributed by atoms with Crippen LogP contribution < -0.4 is 5.32 Å². The van der Waals surface area contributed by atoms with Gasteiger partial charge in [0.1, 0.15) is 0 Å². The second-order valence-corrected chi connectivity index (χ2v) is 5.13. The summed E-state index contributed by atoms with van der Waals surface area (Å²) in [6.45, 7) is 3.49. The maximum absolute atomic E-state index is 12.1. The summed E-state index contributed by atoms with van der Waals surface area (Å²) >= 11 is 0. The minimum Gasteiger partial charge on any atom is -0.341 e. The molecule has 0 saturated carbocycles. The minimum absolute atomic E-state index is 0.00825. The van der Waals surface area contributed by atoms with E-state index in [2.05, 4.69) is 5.32 Å². The second-order valence-electron chi connectivity index (χ2n) is 5.13. The summed E-state index contributed by atoms with van der Waals surface area (Å²) in [6, 6.07) is -0.397. The topological polar surface area (TPSA) is 32.3 Å². The highest BCUT2D eigenvalue weighted by molar-refractivity contribution is 5.81. The average molecular weight is 280 g/mol. The van der Waals surface area contributed by atoms with Crippen molar-refractivity contribution in [3.63, 3.8) is 0 Å². The van der Waals surface area contributed by atoms with Gasteiger partial charge < -0.3 is 10.2 Å². The fraction of sp³-hybridized carbons (Fsp3) is 0.923. The first-order valence-corrected chi connectivity index (χ1v) is 6.99. The number of hydrogen-bond acceptors (Lipinski definition) is 2. The third-order valence-corrected chi connectivity index (χ3v) is 3.38. The summed E-state index contributed by atoms with van der Waals surface area (Å²) in [5, 5.41) is 2.88. The van der Waals surface area contributed by atoms with Crippen LogP contribution in [0, 0.1) is 0 Å². The van der Waals surface area contributed by atoms with Gasteiger partial charge in [-0.05, 0) is 32.7 Å². The monoisotopic (exact) mass is 280 g/mol. The van der Waals surface area contributed by atoms with Gasteiger partial charge in [0.25, 0.3) is 0 Å². The highest BCUT2D eigenvalue weighted by Gasteiger charge is 2.26. The second kappa shape index (κ2) is 7.72. The molecule has 1 atom stereocenters. The number of hydrogen-bond donors (Lipinski definition) is 1. The normalized spacial score (nSPS) is 19.1. The lowest BCUT2D eigenvalue weighted by Gasteiger charge is -2.24. The highest BCUT2D eigenvalue weighted by atomic mass is 19.4. The summed E-state index contributed by atoms with van der Waals surface area (Å²) in [4.78, 5) is 13.9. The number of alkyl halides is 3. The van der Waals surface area contributed by atoms with Crippen molar-refractivity contribution in [3.05, 3.63) is 0 Å². The van der Waals surface area contributed by atoms with Gasteiger partial charge in [-0.3, -0.25) is 4.79 Å². The van der Waals surface area contributed by atoms with Gasteiger partial charge in [0.2, 0.25) is 5.91 Å². The summed E-state index contributed by atoms with van der Waals surface area (Å²) in [5.41, 5.74) is 0. The number of amides is 1. The predicted molar refractivity (Wildman–Crippen MR) is 67.8 cm³/mol. The molecule has 1 rings (SSSR count). The van der Waals surface area contributed by atoms with E-state index in [1.165, 1.54) is 0 Å². The summed E-state index contributed by atoms with van der Waals surface area (Å²) < 4.78 is 35.9. The van der Waals surface area contributed by atoms with Crippen molar-refractivity contribution in [2.24, 2.45) is 0 Å². The van der Waals surface area contributed by atoms with Crippen molar-refractivity contribution in [1.82, 2.24) is 10.2 Å². The van der Waals surface area contributed by atoms with E-state index in [-0.39, 0.29) is 18.9 Å². The molecular weight excluding hydrogens is 257 g/mol. The highest BCUT2D eigenvalue weighted by Crippen LogP contribution is 2.20. The summed E-state index contributed by atoms with van der Waals surface area (Å²) in [7, 11) is 0. The minimum atomic E-state index is -4.11. The van der Waals surface area contributed by atoms with Crippen molar-refractivity contribution in [3.8, 4) is 0 Å². The summed E-state index contributed by atoms with van der Waals surface area (Å²) in [6.07, 6.45) is -0.557. The van der Waals surface area contributed by atoms with Crippen LogP contribution in [0.1, 0.15) is 45.4 Å². The fourth-order valence-electron chi connectivity index (χ4n) is 2.26. The first-order chi connectivity index (χ1) is 8.90. The van der Waals surface area contributed by atoms with Crippen LogP contribution in [0.5, 0.6) is 0 Å². The molecule has 1 amide bonds. The molecule has 112 valence electrons. The molecule has 0 aliphatic carbocycles. The summed E-state index contributed by atoms with van der Waals surface area (Å²) in [5.74, 6) is 0.00825. The van der Waals surface area contributed by atoms with E-state index < -0.39 is 18.6 Å². The standard InChI is InChI=1S/C13H23F3N2O/c1-11(17-8-6-7-13(14,15)16)12(19)18-9-4-2-3-5-10-18/h11,17H,2-10H2,1H3. The van der Waals surface area contributed by atoms with E-state index in [1.54, 1.807) is 6.92 Å². The van der Waals surface area contributed by atoms with E-state index >= 15 is 0 Å². The van der Waals surface area contributed by atoms with Crippen LogP contribution in [0.2, 0.25) is 0 Å². The van der Waals surface area contributed by atoms with Gasteiger partial charge >= 0.3 is 6.18 Å². The lowest BCUT2D eigenvalue weighted by atomic mass is 10.2. The fourth-order valence-corrected chi connectivity index (χ4v) is 2.26. The Morgan fingerprint density at radius 3 is 2.32 bits per heavy atom. The number of nitrogens with one attached hydrogen (secondary N) is 1. The van der Waals surface area contributed by atoms with Gasteiger partial charge in [-0.25, -0.2) is 0 Å². The van der Waals surface area contributed by atoms with E-state index in [4.69, 9.17) is 0 Å². The van der Waals surface area contributed by atoms with E-state index in [9.17, 15) is 18.0 Å². The number of nitrogens with zero attached hydrogens (tertiary/aromatic N) is 1. The van der Waals surface area contributed by atoms with Crippen molar-refractivity contribution >= 4 is 5.91 Å². The molecule has 1 heterocycles. The van der Waals surface area contributed by atoms with Crippen LogP contribution in [0.4, 0.5) is 13.2 Å². The Labute approximate surface area is 112 Å². The maximum Gasteiger partial charge on any atom is 0.389 e. The molecule has 0 aromatic carbocycles. The van der Waals surface area contributed by atoms with Crippen LogP contribution in [-0.4, -0.2) is 42.7 Å². The Hall–Kier alpha value is -0.780. The zero-order valence-corrected chi connectivity index (χ0v) is 11.4. The number of rotatable bonds is 5. The van der Waals surface area contributed by atoms with Crippen molar-refractivity contribution in [2.45, 2.75) is 57.7 Å². The van der Waals surface area contributed by atoms with E-state index in [0.717, 1.165) is 38.8 Å². The van der Waals surface area contributed by atoms with Gasteiger partial charge in [-0.1, -0.05) is 12.8 Å². The SMILES string of the molecule is CC(NCCCC(F)(F)F)C(=O)N1CCCCCC1. The van der Waals surface area contributed by atoms with Crippen LogP contribution in [-0.2, 0) is 4.79 Å². The van der Waals surface area contributed by atoms with Gasteiger partial charge in [0.05, 0.1) is 6.04 Å². The predicted octanol–water partition coefficient (Wildman–Crippen LogP) is 2.71. The molecule has 19 heavy (non-hydrogen) atoms. The lowest BCUT2D eigenvalue weighted by Crippen LogP contribution is -2.45. The molecule has 6 heteroatoms. The van der Waals surface area contributed by atoms with E-state index in [1.807, 2.05) is 4.90 Å². The maximum atomic E-state index is 12.1. The number of likely N-dealkylation sites (tertiary alicyclic amines) is 1. The van der Waals surface area contributed by atoms with Gasteiger partial charge in [-0.2, -0.15) is 13.2 Å². The molecule has 1 aliphatic rings. The zero-order chi connectivity index (χ0) is 14.3. The van der Waals surface area contributed by atoms with Crippen LogP contribution in [0.15, 0.2) is 0 Å². The Morgan fingerprint density at radius 1 is 1.21 bits per heavy atom. The number of halogens is 3. The average Bonchev–Trinajstić information content (AvgIpc) is 2.61. The third-order valence-electron chi connectivity index (χ3n) is 3.38. The Bertz CT molecular complexity index is 274. The van der Waals surface area contributed by atoms with Crippen molar-refractivity contribution in [1.29, 1.82) is 0 Å². The van der Waals surface area contributed by atoms with Gasteiger partial charge in [0, 0.05) is 19.5 Å². The number of carbonyl (C=O) groups is 1. The Kier molecular flexibility index (Phi) is 6.62. The molecule has 1 fully saturated rings. The van der Waals surface area contributed by atoms with Crippen molar-refractivity contribution < 1.29 is 18.0 Å². The molecular formula is C13H23F3N2O. The largest absolute Gasteiger partial charge is 0.389 e. The molecule has 1 aliphatic heterocycles. The molecule has 1 saturated heterocycles. The first kappa shape index (κ1) is 16.3. The molecule has 0 radical (unpaired) electrons. The Morgan fingerprint density at radius 2 is 1.79 bits per heavy atom. The third kappa shape index (κ3) is 6.80. The quantitative estimate of drug-likeness (QED) is 0.785. The molecule has 3 nitrogen and oxygen atoms in total. The molecule has 0 bridgehead atoms. The van der Waals surface area contributed by atoms with Crippen LogP contribution in [0.3, 0.4) is 0 Å². The smallest absolute Gasteiger partial charge is 0.341 e. The van der Waals surface area contributed by atoms with E-state index in [0.29, 0.717) is 0 Å². The van der Waals surface area contributed by atoms with Crippen LogP contribution in [0.25, 0.3) is 0 Å². The molecule has 0 aromatic rings. The molecule has 1 N–H and O–H groups in total. The molecule has 1 unspecified atom stereocenters. The number of carbonyl (C=O) groups excluding carboxylic acids is 1.